The third-order valence-corrected chi connectivity index (χ3v) is 2.37. The predicted molar refractivity (Wildman–Crippen MR) is 61.7 cm³/mol. The van der Waals surface area contributed by atoms with Crippen LogP contribution in [0.25, 0.3) is 0 Å². The number of hydrazine groups is 1. The van der Waals surface area contributed by atoms with Gasteiger partial charge in [0.15, 0.2) is 5.69 Å². The molecule has 0 saturated carbocycles. The summed E-state index contributed by atoms with van der Waals surface area (Å²) in [5, 5.41) is 2.77. The summed E-state index contributed by atoms with van der Waals surface area (Å²) in [5.41, 5.74) is 0.968. The zero-order chi connectivity index (χ0) is 12.9. The maximum absolute atomic E-state index is 12.5. The van der Waals surface area contributed by atoms with Gasteiger partial charge in [-0.05, 0) is 6.26 Å². The van der Waals surface area contributed by atoms with Gasteiger partial charge in [0.25, 0.3) is 0 Å². The van der Waals surface area contributed by atoms with Crippen LogP contribution in [-0.2, 0) is 6.18 Å². The molecule has 1 rings (SSSR count). The first-order chi connectivity index (χ1) is 7.97. The van der Waals surface area contributed by atoms with Crippen molar-refractivity contribution in [3.05, 3.63) is 11.8 Å². The second-order valence-corrected chi connectivity index (χ2v) is 4.01. The number of nitrogen functional groups attached to an aromatic ring is 1. The molecule has 0 fully saturated rings. The molecule has 0 spiro atoms. The number of thioether (sulfide) groups is 1. The average molecular weight is 267 g/mol. The minimum absolute atomic E-state index is 0.0920. The van der Waals surface area contributed by atoms with Crippen LogP contribution in [0.15, 0.2) is 6.07 Å². The predicted octanol–water partition coefficient (Wildman–Crippen LogP) is 1.56. The number of halogens is 3. The highest BCUT2D eigenvalue weighted by Gasteiger charge is 2.33. The van der Waals surface area contributed by atoms with Gasteiger partial charge < -0.3 is 5.32 Å². The van der Waals surface area contributed by atoms with Gasteiger partial charge >= 0.3 is 6.18 Å². The molecule has 1 aromatic rings. The lowest BCUT2D eigenvalue weighted by atomic mass is 10.4. The zero-order valence-electron chi connectivity index (χ0n) is 9.01. The fourth-order valence-electron chi connectivity index (χ4n) is 1.03. The number of nitrogens with two attached hydrogens (primary N) is 1. The van der Waals surface area contributed by atoms with Crippen LogP contribution in [0.5, 0.6) is 0 Å². The third kappa shape index (κ3) is 4.27. The number of hydrogen-bond acceptors (Lipinski definition) is 6. The minimum atomic E-state index is -4.52. The Bertz CT molecular complexity index is 371. The third-order valence-electron chi connectivity index (χ3n) is 1.76. The van der Waals surface area contributed by atoms with Crippen molar-refractivity contribution >= 4 is 23.5 Å². The first kappa shape index (κ1) is 13.8. The van der Waals surface area contributed by atoms with Crippen LogP contribution >= 0.6 is 11.8 Å². The van der Waals surface area contributed by atoms with Crippen molar-refractivity contribution in [3.8, 4) is 0 Å². The van der Waals surface area contributed by atoms with Crippen LogP contribution in [0.1, 0.15) is 5.69 Å². The zero-order valence-corrected chi connectivity index (χ0v) is 9.82. The van der Waals surface area contributed by atoms with E-state index in [0.717, 1.165) is 11.8 Å². The molecule has 0 atom stereocenters. The standard InChI is InChI=1S/C8H12F3N5S/c1-17-3-2-13-6-4-5(8(9,10)11)14-7(15-6)16-12/h4H,2-3,12H2,1H3,(H2,13,14,15,16). The fraction of sp³-hybridized carbons (Fsp3) is 0.500. The SMILES string of the molecule is CSCCNc1cc(C(F)(F)F)nc(NN)n1. The van der Waals surface area contributed by atoms with E-state index in [9.17, 15) is 13.2 Å². The van der Waals surface area contributed by atoms with Gasteiger partial charge in [0.1, 0.15) is 5.82 Å². The Morgan fingerprint density at radius 2 is 2.12 bits per heavy atom. The van der Waals surface area contributed by atoms with E-state index in [-0.39, 0.29) is 11.8 Å². The van der Waals surface area contributed by atoms with Crippen molar-refractivity contribution in [3.63, 3.8) is 0 Å². The van der Waals surface area contributed by atoms with Crippen molar-refractivity contribution in [2.45, 2.75) is 6.18 Å². The summed E-state index contributed by atoms with van der Waals surface area (Å²) in [6, 6.07) is 0.848. The topological polar surface area (TPSA) is 75.9 Å². The van der Waals surface area contributed by atoms with Gasteiger partial charge in [-0.2, -0.15) is 29.9 Å². The number of rotatable bonds is 5. The number of anilines is 2. The summed E-state index contributed by atoms with van der Waals surface area (Å²) < 4.78 is 37.4. The molecule has 0 aliphatic rings. The molecule has 4 N–H and O–H groups in total. The average Bonchev–Trinajstić information content (AvgIpc) is 2.28. The van der Waals surface area contributed by atoms with Gasteiger partial charge in [-0.25, -0.2) is 10.8 Å². The van der Waals surface area contributed by atoms with Crippen molar-refractivity contribution in [2.75, 3.05) is 29.3 Å². The Labute approximate surface area is 100 Å². The number of alkyl halides is 3. The lowest BCUT2D eigenvalue weighted by molar-refractivity contribution is -0.141. The molecular weight excluding hydrogens is 255 g/mol. The first-order valence-corrected chi connectivity index (χ1v) is 6.02. The number of nitrogens with one attached hydrogen (secondary N) is 2. The largest absolute Gasteiger partial charge is 0.433 e. The second kappa shape index (κ2) is 5.92. The van der Waals surface area contributed by atoms with Gasteiger partial charge in [0.05, 0.1) is 0 Å². The molecule has 1 heterocycles. The maximum Gasteiger partial charge on any atom is 0.433 e. The number of nitrogens with zero attached hydrogens (tertiary/aromatic N) is 2. The molecule has 0 unspecified atom stereocenters. The molecule has 0 aliphatic heterocycles. The molecule has 0 aromatic carbocycles. The Balaban J connectivity index is 2.89. The highest BCUT2D eigenvalue weighted by Crippen LogP contribution is 2.29. The fourth-order valence-corrected chi connectivity index (χ4v) is 1.33. The van der Waals surface area contributed by atoms with Crippen LogP contribution in [0.3, 0.4) is 0 Å². The van der Waals surface area contributed by atoms with Crippen LogP contribution in [0, 0.1) is 0 Å². The minimum Gasteiger partial charge on any atom is -0.369 e. The highest BCUT2D eigenvalue weighted by atomic mass is 32.2. The Kier molecular flexibility index (Phi) is 4.82. The Morgan fingerprint density at radius 1 is 1.41 bits per heavy atom. The molecule has 96 valence electrons. The summed E-state index contributed by atoms with van der Waals surface area (Å²) in [7, 11) is 0. The molecule has 0 aliphatic carbocycles. The molecule has 1 aromatic heterocycles. The Hall–Kier alpha value is -1.22. The van der Waals surface area contributed by atoms with Gasteiger partial charge in [0.2, 0.25) is 5.95 Å². The quantitative estimate of drug-likeness (QED) is 0.427. The maximum atomic E-state index is 12.5. The van der Waals surface area contributed by atoms with Crippen LogP contribution < -0.4 is 16.6 Å². The first-order valence-electron chi connectivity index (χ1n) is 4.63. The molecule has 17 heavy (non-hydrogen) atoms. The van der Waals surface area contributed by atoms with Crippen LogP contribution in [0.4, 0.5) is 24.9 Å². The van der Waals surface area contributed by atoms with Crippen molar-refractivity contribution in [1.29, 1.82) is 0 Å². The van der Waals surface area contributed by atoms with E-state index in [4.69, 9.17) is 5.84 Å². The molecule has 0 saturated heterocycles. The van der Waals surface area contributed by atoms with Crippen molar-refractivity contribution in [2.24, 2.45) is 5.84 Å². The lowest BCUT2D eigenvalue weighted by Gasteiger charge is -2.10. The van der Waals surface area contributed by atoms with E-state index < -0.39 is 11.9 Å². The molecule has 5 nitrogen and oxygen atoms in total. The molecule has 0 radical (unpaired) electrons. The smallest absolute Gasteiger partial charge is 0.369 e. The summed E-state index contributed by atoms with van der Waals surface area (Å²) >= 11 is 1.57. The van der Waals surface area contributed by atoms with E-state index in [1.807, 2.05) is 11.7 Å². The van der Waals surface area contributed by atoms with Gasteiger partial charge in [-0.3, -0.25) is 5.43 Å². The van der Waals surface area contributed by atoms with Crippen LogP contribution in [0.2, 0.25) is 0 Å². The lowest BCUT2D eigenvalue weighted by Crippen LogP contribution is -2.17. The summed E-state index contributed by atoms with van der Waals surface area (Å²) in [6.45, 7) is 0.513. The molecular formula is C8H12F3N5S. The van der Waals surface area contributed by atoms with Crippen molar-refractivity contribution < 1.29 is 13.2 Å². The van der Waals surface area contributed by atoms with Gasteiger partial charge in [-0.1, -0.05) is 0 Å². The molecule has 0 amide bonds. The van der Waals surface area contributed by atoms with E-state index in [1.54, 1.807) is 11.8 Å². The monoisotopic (exact) mass is 267 g/mol. The van der Waals surface area contributed by atoms with Gasteiger partial charge in [0, 0.05) is 18.4 Å². The van der Waals surface area contributed by atoms with E-state index in [0.29, 0.717) is 6.54 Å². The summed E-state index contributed by atoms with van der Waals surface area (Å²) in [4.78, 5) is 7.00. The Morgan fingerprint density at radius 3 is 2.65 bits per heavy atom. The van der Waals surface area contributed by atoms with Crippen LogP contribution in [-0.4, -0.2) is 28.5 Å². The summed E-state index contributed by atoms with van der Waals surface area (Å²) in [5.74, 6) is 5.59. The van der Waals surface area contributed by atoms with Crippen molar-refractivity contribution in [1.82, 2.24) is 9.97 Å². The van der Waals surface area contributed by atoms with E-state index in [1.165, 1.54) is 0 Å². The normalized spacial score (nSPS) is 11.4. The highest BCUT2D eigenvalue weighted by molar-refractivity contribution is 7.98. The summed E-state index contributed by atoms with van der Waals surface area (Å²) in [6.07, 6.45) is -2.62. The number of hydrogen-bond donors (Lipinski definition) is 3. The van der Waals surface area contributed by atoms with E-state index >= 15 is 0 Å². The second-order valence-electron chi connectivity index (χ2n) is 3.02. The number of aromatic nitrogens is 2. The molecule has 0 bridgehead atoms. The van der Waals surface area contributed by atoms with Gasteiger partial charge in [-0.15, -0.1) is 0 Å². The van der Waals surface area contributed by atoms with E-state index in [2.05, 4.69) is 15.3 Å². The molecule has 9 heteroatoms.